The van der Waals surface area contributed by atoms with Crippen LogP contribution < -0.4 is 9.47 Å². The first-order valence-corrected chi connectivity index (χ1v) is 14.3. The summed E-state index contributed by atoms with van der Waals surface area (Å²) in [6, 6.07) is 35.2. The molecule has 0 heterocycles. The summed E-state index contributed by atoms with van der Waals surface area (Å²) in [7, 11) is 0. The largest absolute Gasteiger partial charge is 0.494 e. The van der Waals surface area contributed by atoms with Gasteiger partial charge in [-0.15, -0.1) is 0 Å². The summed E-state index contributed by atoms with van der Waals surface area (Å²) in [4.78, 5) is 0. The molecule has 2 nitrogen and oxygen atoms in total. The van der Waals surface area contributed by atoms with E-state index < -0.39 is 5.41 Å². The zero-order valence-electron chi connectivity index (χ0n) is 24.4. The van der Waals surface area contributed by atoms with Crippen molar-refractivity contribution in [3.05, 3.63) is 119 Å². The van der Waals surface area contributed by atoms with E-state index in [1.807, 2.05) is 0 Å². The minimum atomic E-state index is -0.418. The molecule has 2 heteroatoms. The van der Waals surface area contributed by atoms with Crippen LogP contribution in [0.3, 0.4) is 0 Å². The lowest BCUT2D eigenvalue weighted by Crippen LogP contribution is -2.28. The maximum absolute atomic E-state index is 6.17. The van der Waals surface area contributed by atoms with Crippen LogP contribution in [-0.4, -0.2) is 12.2 Å². The van der Waals surface area contributed by atoms with Crippen LogP contribution in [0.15, 0.2) is 97.1 Å². The molecule has 0 N–H and O–H groups in total. The first-order valence-electron chi connectivity index (χ1n) is 14.3. The number of fused-ring (bicyclic) bond motifs is 3. The first-order chi connectivity index (χ1) is 18.6. The molecule has 0 amide bonds. The highest BCUT2D eigenvalue weighted by atomic mass is 16.5. The van der Waals surface area contributed by atoms with Crippen molar-refractivity contribution in [3.63, 3.8) is 0 Å². The van der Waals surface area contributed by atoms with Gasteiger partial charge in [0.2, 0.25) is 0 Å². The number of hydrogen-bond acceptors (Lipinski definition) is 2. The van der Waals surface area contributed by atoms with E-state index in [4.69, 9.17) is 9.47 Å². The van der Waals surface area contributed by atoms with Gasteiger partial charge in [0.15, 0.2) is 0 Å². The SMILES string of the molecule is CC(C)(C)CCCCOc1ccc(C2(c3ccc(OC(C)(C)C)cc3)c3ccccc3-c3ccccc32)cc1. The summed E-state index contributed by atoms with van der Waals surface area (Å²) in [5.41, 5.74) is 7.40. The molecule has 1 aliphatic carbocycles. The van der Waals surface area contributed by atoms with E-state index in [9.17, 15) is 0 Å². The van der Waals surface area contributed by atoms with Crippen molar-refractivity contribution in [2.24, 2.45) is 5.41 Å². The van der Waals surface area contributed by atoms with Gasteiger partial charge in [0.05, 0.1) is 12.0 Å². The molecule has 0 fully saturated rings. The normalized spacial score (nSPS) is 14.0. The molecule has 0 atom stereocenters. The van der Waals surface area contributed by atoms with Gasteiger partial charge in [-0.2, -0.15) is 0 Å². The second-order valence-electron chi connectivity index (χ2n) is 13.0. The molecule has 202 valence electrons. The molecule has 0 aromatic heterocycles. The Labute approximate surface area is 235 Å². The Morgan fingerprint density at radius 2 is 1.05 bits per heavy atom. The van der Waals surface area contributed by atoms with Crippen LogP contribution in [0.5, 0.6) is 11.5 Å². The quantitative estimate of drug-likeness (QED) is 0.190. The molecule has 0 radical (unpaired) electrons. The lowest BCUT2D eigenvalue weighted by molar-refractivity contribution is 0.131. The summed E-state index contributed by atoms with van der Waals surface area (Å²) >= 11 is 0. The Morgan fingerprint density at radius 3 is 1.54 bits per heavy atom. The molecule has 1 aliphatic rings. The van der Waals surface area contributed by atoms with E-state index in [1.54, 1.807) is 0 Å². The molecule has 0 unspecified atom stereocenters. The van der Waals surface area contributed by atoms with E-state index in [-0.39, 0.29) is 5.60 Å². The summed E-state index contributed by atoms with van der Waals surface area (Å²) in [5.74, 6) is 1.81. The highest BCUT2D eigenvalue weighted by Gasteiger charge is 2.45. The maximum atomic E-state index is 6.17. The van der Waals surface area contributed by atoms with Crippen LogP contribution in [0.1, 0.15) is 83.1 Å². The lowest BCUT2D eigenvalue weighted by atomic mass is 9.68. The highest BCUT2D eigenvalue weighted by molar-refractivity contribution is 5.86. The van der Waals surface area contributed by atoms with E-state index in [0.29, 0.717) is 5.41 Å². The second-order valence-corrected chi connectivity index (χ2v) is 13.0. The maximum Gasteiger partial charge on any atom is 0.120 e. The molecule has 0 spiro atoms. The molecule has 5 rings (SSSR count). The molecule has 0 saturated carbocycles. The van der Waals surface area contributed by atoms with Crippen LogP contribution in [0.4, 0.5) is 0 Å². The van der Waals surface area contributed by atoms with Crippen molar-refractivity contribution in [1.29, 1.82) is 0 Å². The Morgan fingerprint density at radius 1 is 0.564 bits per heavy atom. The number of hydrogen-bond donors (Lipinski definition) is 0. The molecular formula is C37H42O2. The summed E-state index contributed by atoms with van der Waals surface area (Å²) in [5, 5.41) is 0. The second kappa shape index (κ2) is 10.6. The van der Waals surface area contributed by atoms with Crippen molar-refractivity contribution in [2.75, 3.05) is 6.61 Å². The zero-order valence-corrected chi connectivity index (χ0v) is 24.4. The third-order valence-electron chi connectivity index (χ3n) is 7.54. The fraction of sp³-hybridized carbons (Fsp3) is 0.351. The molecule has 39 heavy (non-hydrogen) atoms. The minimum absolute atomic E-state index is 0.242. The molecule has 0 bridgehead atoms. The standard InChI is InChI=1S/C37H42O2/c1-35(2,3)25-11-12-26-38-29-21-17-27(18-22-29)37(28-19-23-30(24-20-28)39-36(4,5)6)33-15-9-7-13-31(33)32-14-8-10-16-34(32)37/h7-10,13-24H,11-12,25-26H2,1-6H3. The topological polar surface area (TPSA) is 18.5 Å². The predicted molar refractivity (Wildman–Crippen MR) is 163 cm³/mol. The number of unbranched alkanes of at least 4 members (excludes halogenated alkanes) is 1. The average Bonchev–Trinajstić information content (AvgIpc) is 3.19. The van der Waals surface area contributed by atoms with Crippen molar-refractivity contribution in [2.45, 2.75) is 71.8 Å². The Kier molecular flexibility index (Phi) is 7.33. The minimum Gasteiger partial charge on any atom is -0.494 e. The van der Waals surface area contributed by atoms with Crippen molar-refractivity contribution in [1.82, 2.24) is 0 Å². The van der Waals surface area contributed by atoms with Crippen LogP contribution in [0.2, 0.25) is 0 Å². The van der Waals surface area contributed by atoms with Gasteiger partial charge in [-0.3, -0.25) is 0 Å². The average molecular weight is 519 g/mol. The predicted octanol–water partition coefficient (Wildman–Crippen LogP) is 9.82. The summed E-state index contributed by atoms with van der Waals surface area (Å²) < 4.78 is 12.3. The van der Waals surface area contributed by atoms with Gasteiger partial charge >= 0.3 is 0 Å². The summed E-state index contributed by atoms with van der Waals surface area (Å²) in [6.07, 6.45) is 3.48. The zero-order chi connectivity index (χ0) is 27.7. The third-order valence-corrected chi connectivity index (χ3v) is 7.54. The van der Waals surface area contributed by atoms with Crippen LogP contribution in [0.25, 0.3) is 11.1 Å². The lowest BCUT2D eigenvalue weighted by Gasteiger charge is -2.34. The number of rotatable bonds is 8. The smallest absolute Gasteiger partial charge is 0.120 e. The fourth-order valence-corrected chi connectivity index (χ4v) is 5.90. The third kappa shape index (κ3) is 5.62. The van der Waals surface area contributed by atoms with Crippen molar-refractivity contribution < 1.29 is 9.47 Å². The number of ether oxygens (including phenoxy) is 2. The molecule has 4 aromatic carbocycles. The fourth-order valence-electron chi connectivity index (χ4n) is 5.90. The van der Waals surface area contributed by atoms with Crippen molar-refractivity contribution in [3.8, 4) is 22.6 Å². The van der Waals surface area contributed by atoms with E-state index in [0.717, 1.165) is 24.5 Å². The van der Waals surface area contributed by atoms with E-state index in [2.05, 4.69) is 139 Å². The van der Waals surface area contributed by atoms with Gasteiger partial charge in [-0.05, 0) is 103 Å². The van der Waals surface area contributed by atoms with Crippen LogP contribution in [0, 0.1) is 5.41 Å². The molecule has 4 aromatic rings. The van der Waals surface area contributed by atoms with Crippen molar-refractivity contribution >= 4 is 0 Å². The van der Waals surface area contributed by atoms with Gasteiger partial charge < -0.3 is 9.47 Å². The molecular weight excluding hydrogens is 476 g/mol. The Balaban J connectivity index is 1.53. The molecule has 0 aliphatic heterocycles. The van der Waals surface area contributed by atoms with Gasteiger partial charge in [-0.25, -0.2) is 0 Å². The van der Waals surface area contributed by atoms with Gasteiger partial charge in [-0.1, -0.05) is 93.6 Å². The Hall–Kier alpha value is -3.52. The van der Waals surface area contributed by atoms with Crippen LogP contribution in [-0.2, 0) is 5.41 Å². The monoisotopic (exact) mass is 518 g/mol. The number of benzene rings is 4. The first kappa shape index (κ1) is 27.1. The van der Waals surface area contributed by atoms with Gasteiger partial charge in [0, 0.05) is 0 Å². The van der Waals surface area contributed by atoms with Gasteiger partial charge in [0.1, 0.15) is 17.1 Å². The van der Waals surface area contributed by atoms with E-state index >= 15 is 0 Å². The van der Waals surface area contributed by atoms with Crippen LogP contribution >= 0.6 is 0 Å². The summed E-state index contributed by atoms with van der Waals surface area (Å²) in [6.45, 7) is 13.9. The Bertz CT molecular complexity index is 1350. The van der Waals surface area contributed by atoms with Gasteiger partial charge in [0.25, 0.3) is 0 Å². The molecule has 0 saturated heterocycles. The highest BCUT2D eigenvalue weighted by Crippen LogP contribution is 2.56. The van der Waals surface area contributed by atoms with E-state index in [1.165, 1.54) is 46.2 Å².